The van der Waals surface area contributed by atoms with E-state index in [-0.39, 0.29) is 11.6 Å². The standard InChI is InChI=1S/C17H25N3O4S2/c1-5-7-10-20(17(25)18-3)16(21)13(6-2)12-8-9-15(24-4)14(11-12)19-26(22)23/h8-9,11,13H,5-7,10H2,1-4H3,(H,18,25). The van der Waals surface area contributed by atoms with E-state index in [9.17, 15) is 13.2 Å². The zero-order chi connectivity index (χ0) is 19.7. The van der Waals surface area contributed by atoms with Crippen molar-refractivity contribution in [2.75, 3.05) is 20.7 Å². The van der Waals surface area contributed by atoms with Crippen LogP contribution in [0.25, 0.3) is 0 Å². The Hall–Kier alpha value is -2.00. The third kappa shape index (κ3) is 5.77. The Bertz CT molecular complexity index is 770. The van der Waals surface area contributed by atoms with Crippen LogP contribution in [0.4, 0.5) is 5.69 Å². The third-order valence-electron chi connectivity index (χ3n) is 3.94. The number of methoxy groups -OCH3 is 1. The predicted molar refractivity (Wildman–Crippen MR) is 105 cm³/mol. The number of thiocarbonyl (C=S) groups is 1. The molecule has 0 saturated carbocycles. The van der Waals surface area contributed by atoms with Crippen molar-refractivity contribution >= 4 is 39.4 Å². The number of carbonyl (C=O) groups excluding carboxylic acids is 1. The monoisotopic (exact) mass is 399 g/mol. The molecule has 0 aromatic heterocycles. The first-order valence-corrected chi connectivity index (χ1v) is 9.85. The van der Waals surface area contributed by atoms with Crippen molar-refractivity contribution in [3.05, 3.63) is 23.8 Å². The van der Waals surface area contributed by atoms with Crippen molar-refractivity contribution < 1.29 is 17.9 Å². The first-order chi connectivity index (χ1) is 12.4. The topological polar surface area (TPSA) is 88.1 Å². The smallest absolute Gasteiger partial charge is 0.316 e. The van der Waals surface area contributed by atoms with E-state index in [0.29, 0.717) is 29.4 Å². The van der Waals surface area contributed by atoms with Crippen LogP contribution >= 0.6 is 12.2 Å². The van der Waals surface area contributed by atoms with Crippen LogP contribution in [0.1, 0.15) is 44.6 Å². The predicted octanol–water partition coefficient (Wildman–Crippen LogP) is 3.02. The Balaban J connectivity index is 3.29. The second-order valence-corrected chi connectivity index (χ2v) is 6.60. The Labute approximate surface area is 161 Å². The number of nitrogens with zero attached hydrogens (tertiary/aromatic N) is 2. The zero-order valence-electron chi connectivity index (χ0n) is 15.5. The summed E-state index contributed by atoms with van der Waals surface area (Å²) in [6.07, 6.45) is 2.32. The molecule has 0 fully saturated rings. The number of hydrogen-bond donors (Lipinski definition) is 1. The number of benzene rings is 1. The SMILES string of the molecule is CCCCN(C(=O)C(CC)c1ccc(OC)c(N=S(=O)=O)c1)C(=S)NC. The van der Waals surface area contributed by atoms with Crippen LogP contribution in [0.15, 0.2) is 22.6 Å². The highest BCUT2D eigenvalue weighted by Gasteiger charge is 2.27. The van der Waals surface area contributed by atoms with Gasteiger partial charge in [-0.3, -0.25) is 9.69 Å². The number of amides is 1. The number of ether oxygens (including phenoxy) is 1. The Kier molecular flexibility index (Phi) is 9.22. The molecule has 1 N–H and O–H groups in total. The van der Waals surface area contributed by atoms with E-state index in [0.717, 1.165) is 12.8 Å². The van der Waals surface area contributed by atoms with E-state index in [1.54, 1.807) is 30.1 Å². The summed E-state index contributed by atoms with van der Waals surface area (Å²) in [5.41, 5.74) is 0.837. The fraction of sp³-hybridized carbons (Fsp3) is 0.529. The van der Waals surface area contributed by atoms with Crippen LogP contribution in [-0.4, -0.2) is 45.0 Å². The zero-order valence-corrected chi connectivity index (χ0v) is 17.1. The van der Waals surface area contributed by atoms with Gasteiger partial charge in [0.15, 0.2) is 5.11 Å². The summed E-state index contributed by atoms with van der Waals surface area (Å²) in [5.74, 6) is -0.258. The molecule has 0 bridgehead atoms. The van der Waals surface area contributed by atoms with Crippen molar-refractivity contribution in [3.63, 3.8) is 0 Å². The van der Waals surface area contributed by atoms with Gasteiger partial charge in [0, 0.05) is 13.6 Å². The Morgan fingerprint density at radius 2 is 2.08 bits per heavy atom. The Morgan fingerprint density at radius 3 is 2.58 bits per heavy atom. The molecule has 1 aromatic carbocycles. The van der Waals surface area contributed by atoms with Crippen LogP contribution < -0.4 is 10.1 Å². The minimum absolute atomic E-state index is 0.125. The molecule has 0 spiro atoms. The van der Waals surface area contributed by atoms with Gasteiger partial charge in [0.25, 0.3) is 0 Å². The molecule has 26 heavy (non-hydrogen) atoms. The molecule has 0 heterocycles. The van der Waals surface area contributed by atoms with Gasteiger partial charge in [-0.15, -0.1) is 4.36 Å². The number of unbranched alkanes of at least 4 members (excludes halogenated alkanes) is 1. The molecular formula is C17H25N3O4S2. The summed E-state index contributed by atoms with van der Waals surface area (Å²) in [6.45, 7) is 4.47. The van der Waals surface area contributed by atoms with E-state index >= 15 is 0 Å². The summed E-state index contributed by atoms with van der Waals surface area (Å²) in [6, 6.07) is 4.93. The van der Waals surface area contributed by atoms with E-state index in [2.05, 4.69) is 9.68 Å². The van der Waals surface area contributed by atoms with Crippen LogP contribution in [0.2, 0.25) is 0 Å². The number of rotatable bonds is 8. The first kappa shape index (κ1) is 22.0. The minimum Gasteiger partial charge on any atom is -0.494 e. The van der Waals surface area contributed by atoms with Crippen molar-refractivity contribution in [2.24, 2.45) is 4.36 Å². The number of hydrogen-bond acceptors (Lipinski definition) is 6. The third-order valence-corrected chi connectivity index (χ3v) is 4.72. The molecule has 0 aliphatic carbocycles. The van der Waals surface area contributed by atoms with Gasteiger partial charge in [0.1, 0.15) is 11.4 Å². The molecule has 1 aromatic rings. The van der Waals surface area contributed by atoms with E-state index < -0.39 is 16.4 Å². The van der Waals surface area contributed by atoms with Crippen LogP contribution in [0.5, 0.6) is 5.75 Å². The van der Waals surface area contributed by atoms with Crippen molar-refractivity contribution in [1.82, 2.24) is 10.2 Å². The second-order valence-electron chi connectivity index (χ2n) is 5.60. The fourth-order valence-corrected chi connectivity index (χ4v) is 3.06. The average Bonchev–Trinajstić information content (AvgIpc) is 2.62. The lowest BCUT2D eigenvalue weighted by Crippen LogP contribution is -2.45. The second kappa shape index (κ2) is 10.9. The number of nitrogens with one attached hydrogen (secondary N) is 1. The lowest BCUT2D eigenvalue weighted by Gasteiger charge is -2.27. The number of carbonyl (C=O) groups is 1. The van der Waals surface area contributed by atoms with Gasteiger partial charge < -0.3 is 10.1 Å². The summed E-state index contributed by atoms with van der Waals surface area (Å²) in [4.78, 5) is 14.7. The normalized spacial score (nSPS) is 11.4. The fourth-order valence-electron chi connectivity index (χ4n) is 2.58. The quantitative estimate of drug-likeness (QED) is 0.676. The van der Waals surface area contributed by atoms with Crippen LogP contribution in [0.3, 0.4) is 0 Å². The van der Waals surface area contributed by atoms with Gasteiger partial charge in [0.05, 0.1) is 13.0 Å². The average molecular weight is 400 g/mol. The van der Waals surface area contributed by atoms with Crippen LogP contribution in [-0.2, 0) is 15.3 Å². The highest BCUT2D eigenvalue weighted by molar-refractivity contribution is 7.80. The molecule has 0 saturated heterocycles. The molecule has 0 radical (unpaired) electrons. The van der Waals surface area contributed by atoms with Crippen molar-refractivity contribution in [3.8, 4) is 5.75 Å². The molecule has 1 rings (SSSR count). The highest BCUT2D eigenvalue weighted by atomic mass is 32.2. The van der Waals surface area contributed by atoms with Gasteiger partial charge in [0.2, 0.25) is 5.91 Å². The molecular weight excluding hydrogens is 374 g/mol. The highest BCUT2D eigenvalue weighted by Crippen LogP contribution is 2.33. The molecule has 7 nitrogen and oxygen atoms in total. The molecule has 1 atom stereocenters. The summed E-state index contributed by atoms with van der Waals surface area (Å²) in [5, 5.41) is 3.23. The summed E-state index contributed by atoms with van der Waals surface area (Å²) in [7, 11) is 0.501. The van der Waals surface area contributed by atoms with E-state index in [1.807, 2.05) is 13.8 Å². The maximum Gasteiger partial charge on any atom is 0.316 e. The molecule has 0 aliphatic heterocycles. The van der Waals surface area contributed by atoms with Gasteiger partial charge in [-0.25, -0.2) is 0 Å². The molecule has 144 valence electrons. The van der Waals surface area contributed by atoms with Crippen molar-refractivity contribution in [2.45, 2.75) is 39.0 Å². The lowest BCUT2D eigenvalue weighted by atomic mass is 9.94. The Morgan fingerprint density at radius 1 is 1.38 bits per heavy atom. The molecule has 1 unspecified atom stereocenters. The maximum atomic E-state index is 13.1. The maximum absolute atomic E-state index is 13.1. The lowest BCUT2D eigenvalue weighted by molar-refractivity contribution is -0.129. The molecule has 0 aliphatic rings. The summed E-state index contributed by atoms with van der Waals surface area (Å²) >= 11 is 5.28. The molecule has 1 amide bonds. The van der Waals surface area contributed by atoms with Crippen molar-refractivity contribution in [1.29, 1.82) is 0 Å². The van der Waals surface area contributed by atoms with Gasteiger partial charge in [-0.1, -0.05) is 26.3 Å². The van der Waals surface area contributed by atoms with Gasteiger partial charge in [-0.2, -0.15) is 8.42 Å². The summed E-state index contributed by atoms with van der Waals surface area (Å²) < 4.78 is 30.6. The van der Waals surface area contributed by atoms with Gasteiger partial charge in [-0.05, 0) is 42.8 Å². The minimum atomic E-state index is -2.62. The van der Waals surface area contributed by atoms with Crippen LogP contribution in [0, 0.1) is 0 Å². The van der Waals surface area contributed by atoms with Gasteiger partial charge >= 0.3 is 10.5 Å². The molecule has 9 heteroatoms. The first-order valence-electron chi connectivity index (χ1n) is 8.41. The largest absolute Gasteiger partial charge is 0.494 e. The van der Waals surface area contributed by atoms with E-state index in [4.69, 9.17) is 17.0 Å². The van der Waals surface area contributed by atoms with E-state index in [1.165, 1.54) is 7.11 Å².